The highest BCUT2D eigenvalue weighted by Gasteiger charge is 2.26. The maximum atomic E-state index is 12.7. The lowest BCUT2D eigenvalue weighted by molar-refractivity contribution is 0.0790. The molecule has 0 atom stereocenters. The van der Waals surface area contributed by atoms with Crippen molar-refractivity contribution < 1.29 is 9.59 Å². The van der Waals surface area contributed by atoms with E-state index in [2.05, 4.69) is 17.1 Å². The number of pyridine rings is 1. The largest absolute Gasteiger partial charge is 0.339 e. The van der Waals surface area contributed by atoms with Gasteiger partial charge in [0, 0.05) is 49.6 Å². The van der Waals surface area contributed by atoms with E-state index in [0.717, 1.165) is 59.0 Å². The van der Waals surface area contributed by atoms with Crippen LogP contribution in [0.2, 0.25) is 0 Å². The van der Waals surface area contributed by atoms with Crippen LogP contribution < -0.4 is 0 Å². The molecular formula is C23H21N3O2. The molecule has 5 rings (SSSR count). The molecule has 0 bridgehead atoms. The molecule has 2 aromatic carbocycles. The summed E-state index contributed by atoms with van der Waals surface area (Å²) in [6.45, 7) is 2.30. The van der Waals surface area contributed by atoms with Crippen LogP contribution >= 0.6 is 0 Å². The molecule has 28 heavy (non-hydrogen) atoms. The van der Waals surface area contributed by atoms with Gasteiger partial charge in [0.15, 0.2) is 0 Å². The van der Waals surface area contributed by atoms with Crippen molar-refractivity contribution in [3.05, 3.63) is 65.5 Å². The van der Waals surface area contributed by atoms with Crippen molar-refractivity contribution in [2.24, 2.45) is 0 Å². The van der Waals surface area contributed by atoms with Crippen LogP contribution in [0.3, 0.4) is 0 Å². The molecule has 0 aliphatic carbocycles. The highest BCUT2D eigenvalue weighted by molar-refractivity contribution is 6.03. The van der Waals surface area contributed by atoms with Gasteiger partial charge in [0.1, 0.15) is 5.69 Å². The van der Waals surface area contributed by atoms with Crippen LogP contribution in [-0.4, -0.2) is 46.7 Å². The molecule has 5 heteroatoms. The van der Waals surface area contributed by atoms with Gasteiger partial charge in [0.25, 0.3) is 11.8 Å². The summed E-state index contributed by atoms with van der Waals surface area (Å²) in [7, 11) is 1.79. The lowest BCUT2D eigenvalue weighted by Gasteiger charge is -2.16. The lowest BCUT2D eigenvalue weighted by atomic mass is 9.96. The van der Waals surface area contributed by atoms with Crippen LogP contribution in [0.5, 0.6) is 0 Å². The minimum Gasteiger partial charge on any atom is -0.339 e. The Morgan fingerprint density at radius 2 is 1.89 bits per heavy atom. The highest BCUT2D eigenvalue weighted by Crippen LogP contribution is 2.32. The number of aromatic nitrogens is 1. The number of rotatable bonds is 2. The first-order chi connectivity index (χ1) is 13.6. The van der Waals surface area contributed by atoms with Gasteiger partial charge < -0.3 is 9.80 Å². The summed E-state index contributed by atoms with van der Waals surface area (Å²) in [6.07, 6.45) is 3.95. The monoisotopic (exact) mass is 371 g/mol. The van der Waals surface area contributed by atoms with Gasteiger partial charge in [-0.05, 0) is 47.4 Å². The zero-order chi connectivity index (χ0) is 19.3. The van der Waals surface area contributed by atoms with Crippen LogP contribution in [0.1, 0.15) is 39.3 Å². The number of carbonyl (C=O) groups excluding carboxylic acids is 2. The number of benzene rings is 2. The molecular weight excluding hydrogens is 350 g/mol. The van der Waals surface area contributed by atoms with E-state index in [9.17, 15) is 9.59 Å². The number of amides is 2. The number of hydrogen-bond donors (Lipinski definition) is 0. The Morgan fingerprint density at radius 1 is 1.07 bits per heavy atom. The number of hydrogen-bond acceptors (Lipinski definition) is 3. The first kappa shape index (κ1) is 16.9. The molecule has 2 aliphatic heterocycles. The standard InChI is InChI=1S/C23H21N3O2/c1-25-14-18-12-17(13-24-21(18)23(25)28)19-6-4-5-15-11-16(7-8-20(15)19)22(27)26-9-2-3-10-26/h4-8,11-13H,2-3,9-10,14H2,1H3. The minimum absolute atomic E-state index is 0.0236. The molecule has 1 aromatic heterocycles. The van der Waals surface area contributed by atoms with Crippen molar-refractivity contribution in [3.63, 3.8) is 0 Å². The highest BCUT2D eigenvalue weighted by atomic mass is 16.2. The molecule has 1 fully saturated rings. The maximum Gasteiger partial charge on any atom is 0.272 e. The summed E-state index contributed by atoms with van der Waals surface area (Å²) >= 11 is 0. The number of carbonyl (C=O) groups is 2. The fourth-order valence-electron chi connectivity index (χ4n) is 4.25. The molecule has 0 unspecified atom stereocenters. The van der Waals surface area contributed by atoms with Gasteiger partial charge >= 0.3 is 0 Å². The fourth-order valence-corrected chi connectivity index (χ4v) is 4.25. The third kappa shape index (κ3) is 2.66. The number of fused-ring (bicyclic) bond motifs is 2. The van der Waals surface area contributed by atoms with Crippen molar-refractivity contribution in [2.75, 3.05) is 20.1 Å². The SMILES string of the molecule is CN1Cc2cc(-c3cccc4cc(C(=O)N5CCCC5)ccc34)cnc2C1=O. The van der Waals surface area contributed by atoms with Gasteiger partial charge in [-0.3, -0.25) is 14.6 Å². The van der Waals surface area contributed by atoms with E-state index in [-0.39, 0.29) is 11.8 Å². The van der Waals surface area contributed by atoms with Crippen molar-refractivity contribution >= 4 is 22.6 Å². The lowest BCUT2D eigenvalue weighted by Crippen LogP contribution is -2.27. The number of nitrogens with zero attached hydrogens (tertiary/aromatic N) is 3. The Hall–Kier alpha value is -3.21. The predicted molar refractivity (Wildman–Crippen MR) is 108 cm³/mol. The van der Waals surface area contributed by atoms with Gasteiger partial charge in [0.2, 0.25) is 0 Å². The molecule has 0 saturated carbocycles. The average Bonchev–Trinajstić information content (AvgIpc) is 3.35. The average molecular weight is 371 g/mol. The minimum atomic E-state index is -0.0236. The summed E-state index contributed by atoms with van der Waals surface area (Å²) in [5, 5.41) is 2.12. The van der Waals surface area contributed by atoms with Gasteiger partial charge in [-0.2, -0.15) is 0 Å². The van der Waals surface area contributed by atoms with E-state index in [1.54, 1.807) is 18.1 Å². The second-order valence-corrected chi connectivity index (χ2v) is 7.63. The van der Waals surface area contributed by atoms with E-state index in [1.165, 1.54) is 0 Å². The molecule has 3 heterocycles. The summed E-state index contributed by atoms with van der Waals surface area (Å²) in [5.41, 5.74) is 4.31. The summed E-state index contributed by atoms with van der Waals surface area (Å²) < 4.78 is 0. The van der Waals surface area contributed by atoms with Crippen molar-refractivity contribution in [1.82, 2.24) is 14.8 Å². The van der Waals surface area contributed by atoms with Crippen LogP contribution in [0.25, 0.3) is 21.9 Å². The molecule has 2 amide bonds. The van der Waals surface area contributed by atoms with Gasteiger partial charge in [-0.25, -0.2) is 0 Å². The Kier molecular flexibility index (Phi) is 3.90. The normalized spacial score (nSPS) is 16.1. The van der Waals surface area contributed by atoms with Crippen LogP contribution in [0.15, 0.2) is 48.7 Å². The van der Waals surface area contributed by atoms with Gasteiger partial charge in [-0.1, -0.05) is 24.3 Å². The van der Waals surface area contributed by atoms with Crippen LogP contribution in [0, 0.1) is 0 Å². The third-order valence-electron chi connectivity index (χ3n) is 5.76. The molecule has 0 N–H and O–H groups in total. The van der Waals surface area contributed by atoms with E-state index in [0.29, 0.717) is 12.2 Å². The predicted octanol–water partition coefficient (Wildman–Crippen LogP) is 3.72. The molecule has 3 aromatic rings. The quantitative estimate of drug-likeness (QED) is 0.690. The van der Waals surface area contributed by atoms with Crippen LogP contribution in [0.4, 0.5) is 0 Å². The van der Waals surface area contributed by atoms with Gasteiger partial charge in [0.05, 0.1) is 0 Å². The molecule has 2 aliphatic rings. The Labute approximate surface area is 163 Å². The Morgan fingerprint density at radius 3 is 2.71 bits per heavy atom. The Bertz CT molecular complexity index is 1120. The zero-order valence-corrected chi connectivity index (χ0v) is 15.8. The summed E-state index contributed by atoms with van der Waals surface area (Å²) in [6, 6.07) is 14.1. The third-order valence-corrected chi connectivity index (χ3v) is 5.76. The number of likely N-dealkylation sites (tertiary alicyclic amines) is 1. The Balaban J connectivity index is 1.55. The van der Waals surface area contributed by atoms with E-state index in [4.69, 9.17) is 0 Å². The fraction of sp³-hybridized carbons (Fsp3) is 0.261. The first-order valence-corrected chi connectivity index (χ1v) is 9.68. The molecule has 1 saturated heterocycles. The smallest absolute Gasteiger partial charge is 0.272 e. The molecule has 0 radical (unpaired) electrons. The first-order valence-electron chi connectivity index (χ1n) is 9.68. The topological polar surface area (TPSA) is 53.5 Å². The van der Waals surface area contributed by atoms with Crippen LogP contribution in [-0.2, 0) is 6.54 Å². The second kappa shape index (κ2) is 6.44. The van der Waals surface area contributed by atoms with Crippen molar-refractivity contribution in [2.45, 2.75) is 19.4 Å². The van der Waals surface area contributed by atoms with Crippen molar-refractivity contribution in [1.29, 1.82) is 0 Å². The van der Waals surface area contributed by atoms with E-state index >= 15 is 0 Å². The van der Waals surface area contributed by atoms with E-state index in [1.807, 2.05) is 35.2 Å². The second-order valence-electron chi connectivity index (χ2n) is 7.63. The molecule has 140 valence electrons. The summed E-state index contributed by atoms with van der Waals surface area (Å²) in [5.74, 6) is 0.0927. The molecule has 0 spiro atoms. The maximum absolute atomic E-state index is 12.7. The molecule has 5 nitrogen and oxygen atoms in total. The van der Waals surface area contributed by atoms with Gasteiger partial charge in [-0.15, -0.1) is 0 Å². The summed E-state index contributed by atoms with van der Waals surface area (Å²) in [4.78, 5) is 32.8. The van der Waals surface area contributed by atoms with E-state index < -0.39 is 0 Å². The zero-order valence-electron chi connectivity index (χ0n) is 15.8. The van der Waals surface area contributed by atoms with Crippen molar-refractivity contribution in [3.8, 4) is 11.1 Å².